The number of hydrogen-bond donors (Lipinski definition) is 0. The highest BCUT2D eigenvalue weighted by atomic mass is 15.1. The summed E-state index contributed by atoms with van der Waals surface area (Å²) in [5, 5.41) is 5.02. The van der Waals surface area contributed by atoms with Crippen molar-refractivity contribution in [3.8, 4) is 55.6 Å². The van der Waals surface area contributed by atoms with Gasteiger partial charge in [-0.05, 0) is 268 Å². The maximum absolute atomic E-state index is 2.45. The van der Waals surface area contributed by atoms with Crippen molar-refractivity contribution in [1.82, 2.24) is 0 Å². The molecule has 0 aromatic heterocycles. The average Bonchev–Trinajstić information content (AvgIpc) is 1.59. The van der Waals surface area contributed by atoms with Gasteiger partial charge in [-0.2, -0.15) is 0 Å². The molecule has 99 heavy (non-hydrogen) atoms. The largest absolute Gasteiger partial charge is 0.310 e. The molecule has 2 nitrogen and oxygen atoms in total. The Morgan fingerprint density at radius 1 is 0.212 bits per heavy atom. The molecule has 14 aromatic carbocycles. The maximum atomic E-state index is 2.45. The molecule has 0 unspecified atom stereocenters. The van der Waals surface area contributed by atoms with Crippen LogP contribution in [0, 0.1) is 27.7 Å². The second kappa shape index (κ2) is 23.5. The first kappa shape index (κ1) is 61.3. The third-order valence-electron chi connectivity index (χ3n) is 21.9. The molecule has 17 rings (SSSR count). The van der Waals surface area contributed by atoms with Gasteiger partial charge in [0.25, 0.3) is 0 Å². The summed E-state index contributed by atoms with van der Waals surface area (Å²) in [5.41, 5.74) is 37.0. The number of hydrogen-bond acceptors (Lipinski definition) is 2. The van der Waals surface area contributed by atoms with Gasteiger partial charge in [0.05, 0.1) is 0 Å². The topological polar surface area (TPSA) is 6.48 Å². The Labute approximate surface area is 584 Å². The van der Waals surface area contributed by atoms with Crippen molar-refractivity contribution in [2.75, 3.05) is 9.80 Å². The van der Waals surface area contributed by atoms with E-state index in [1.165, 1.54) is 155 Å². The fourth-order valence-corrected chi connectivity index (χ4v) is 16.7. The summed E-state index contributed by atoms with van der Waals surface area (Å²) in [4.78, 5) is 4.87. The third-order valence-corrected chi connectivity index (χ3v) is 21.9. The van der Waals surface area contributed by atoms with Crippen LogP contribution in [0.4, 0.5) is 34.1 Å². The quantitative estimate of drug-likeness (QED) is 0.113. The summed E-state index contributed by atoms with van der Waals surface area (Å²) in [6.07, 6.45) is 9.22. The first-order valence-corrected chi connectivity index (χ1v) is 35.1. The maximum Gasteiger partial charge on any atom is 0.0466 e. The molecule has 0 fully saturated rings. The second-order valence-corrected chi connectivity index (χ2v) is 29.8. The van der Waals surface area contributed by atoms with Crippen molar-refractivity contribution in [2.45, 2.75) is 85.5 Å². The van der Waals surface area contributed by atoms with E-state index in [0.29, 0.717) is 0 Å². The first-order valence-electron chi connectivity index (χ1n) is 35.1. The highest BCUT2D eigenvalue weighted by Gasteiger charge is 2.39. The highest BCUT2D eigenvalue weighted by Crippen LogP contribution is 2.55. The van der Waals surface area contributed by atoms with Crippen LogP contribution in [-0.4, -0.2) is 0 Å². The minimum absolute atomic E-state index is 0.174. The Hall–Kier alpha value is -11.3. The summed E-state index contributed by atoms with van der Waals surface area (Å²) in [5.74, 6) is 0. The fraction of sp³-hybridized carbons (Fsp3) is 0.134. The molecule has 0 saturated carbocycles. The molecule has 14 aromatic rings. The highest BCUT2D eigenvalue weighted by molar-refractivity contribution is 5.93. The van der Waals surface area contributed by atoms with Gasteiger partial charge in [-0.3, -0.25) is 0 Å². The molecule has 0 spiro atoms. The van der Waals surface area contributed by atoms with Crippen molar-refractivity contribution in [1.29, 1.82) is 0 Å². The number of anilines is 6. The van der Waals surface area contributed by atoms with Crippen molar-refractivity contribution >= 4 is 80.0 Å². The molecule has 0 heterocycles. The molecule has 0 saturated heterocycles. The SMILES string of the molecule is Cc1cc(C)cc(N(c2ccc(-c3ccc4ccccc4c3)cc2)c2ccc3c(c2)C(C)(C)c2cc(/C=C/c4ccc5c(c4)C(C)(C)c4cc(/C=C/c6ccc7c(c6)C(C)(C)c6cc(N(c8ccc(-c9ccc%10ccccc%10c9)cc8)c8cc(C)cc(C)c8)ccc6-7)ccc4-5)ccc2-3)c1. The van der Waals surface area contributed by atoms with Crippen molar-refractivity contribution in [3.05, 3.63) is 357 Å². The number of fused-ring (bicyclic) bond motifs is 11. The number of nitrogens with zero attached hydrogens (tertiary/aromatic N) is 2. The lowest BCUT2D eigenvalue weighted by Gasteiger charge is -2.29. The monoisotopic (exact) mass is 1270 g/mol. The van der Waals surface area contributed by atoms with Gasteiger partial charge >= 0.3 is 0 Å². The number of aryl methyl sites for hydroxylation is 4. The van der Waals surface area contributed by atoms with Gasteiger partial charge in [-0.1, -0.05) is 260 Å². The smallest absolute Gasteiger partial charge is 0.0466 e. The zero-order valence-corrected chi connectivity index (χ0v) is 58.3. The van der Waals surface area contributed by atoms with E-state index in [0.717, 1.165) is 34.1 Å². The lowest BCUT2D eigenvalue weighted by atomic mass is 9.81. The predicted molar refractivity (Wildman–Crippen MR) is 424 cm³/mol. The van der Waals surface area contributed by atoms with Crippen LogP contribution in [0.2, 0.25) is 0 Å². The number of rotatable bonds is 12. The van der Waals surface area contributed by atoms with E-state index in [9.17, 15) is 0 Å². The van der Waals surface area contributed by atoms with Crippen LogP contribution >= 0.6 is 0 Å². The number of benzene rings is 14. The molecule has 0 amide bonds. The van der Waals surface area contributed by atoms with Gasteiger partial charge in [0, 0.05) is 50.4 Å². The van der Waals surface area contributed by atoms with Gasteiger partial charge in [-0.15, -0.1) is 0 Å². The van der Waals surface area contributed by atoms with Gasteiger partial charge in [0.1, 0.15) is 0 Å². The zero-order valence-electron chi connectivity index (χ0n) is 58.3. The van der Waals surface area contributed by atoms with Crippen molar-refractivity contribution in [3.63, 3.8) is 0 Å². The van der Waals surface area contributed by atoms with Crippen LogP contribution in [0.1, 0.15) is 119 Å². The van der Waals surface area contributed by atoms with E-state index in [1.54, 1.807) is 0 Å². The summed E-state index contributed by atoms with van der Waals surface area (Å²) < 4.78 is 0. The normalized spacial score (nSPS) is 14.1. The van der Waals surface area contributed by atoms with Crippen LogP contribution in [-0.2, 0) is 16.2 Å². The van der Waals surface area contributed by atoms with E-state index >= 15 is 0 Å². The summed E-state index contributed by atoms with van der Waals surface area (Å²) in [6, 6.07) is 105. The molecule has 478 valence electrons. The van der Waals surface area contributed by atoms with E-state index < -0.39 is 0 Å². The third kappa shape index (κ3) is 10.7. The minimum atomic E-state index is -0.215. The molecule has 3 aliphatic rings. The van der Waals surface area contributed by atoms with Crippen LogP contribution in [0.25, 0.3) is 101 Å². The Balaban J connectivity index is 0.601. The molecule has 2 heteroatoms. The minimum Gasteiger partial charge on any atom is -0.310 e. The van der Waals surface area contributed by atoms with E-state index in [-0.39, 0.29) is 16.2 Å². The molecular weight excluding hydrogens is 1190 g/mol. The molecule has 0 bridgehead atoms. The van der Waals surface area contributed by atoms with E-state index in [2.05, 4.69) is 382 Å². The lowest BCUT2D eigenvalue weighted by molar-refractivity contribution is 0.660. The van der Waals surface area contributed by atoms with Crippen LogP contribution < -0.4 is 9.80 Å². The molecular formula is C97H80N2. The zero-order chi connectivity index (χ0) is 67.6. The Bertz CT molecular complexity index is 5300. The summed E-state index contributed by atoms with van der Waals surface area (Å²) in [7, 11) is 0. The summed E-state index contributed by atoms with van der Waals surface area (Å²) >= 11 is 0. The van der Waals surface area contributed by atoms with E-state index in [4.69, 9.17) is 0 Å². The predicted octanol–water partition coefficient (Wildman–Crippen LogP) is 26.8. The Morgan fingerprint density at radius 2 is 0.475 bits per heavy atom. The van der Waals surface area contributed by atoms with Gasteiger partial charge in [-0.25, -0.2) is 0 Å². The summed E-state index contributed by atoms with van der Waals surface area (Å²) in [6.45, 7) is 23.2. The van der Waals surface area contributed by atoms with Crippen LogP contribution in [0.15, 0.2) is 279 Å². The molecule has 0 N–H and O–H groups in total. The van der Waals surface area contributed by atoms with Crippen LogP contribution in [0.3, 0.4) is 0 Å². The van der Waals surface area contributed by atoms with Gasteiger partial charge in [0.2, 0.25) is 0 Å². The molecule has 0 radical (unpaired) electrons. The fourth-order valence-electron chi connectivity index (χ4n) is 16.7. The lowest BCUT2D eigenvalue weighted by Crippen LogP contribution is -2.17. The van der Waals surface area contributed by atoms with Gasteiger partial charge in [0.15, 0.2) is 0 Å². The Kier molecular flexibility index (Phi) is 14.5. The van der Waals surface area contributed by atoms with Crippen molar-refractivity contribution < 1.29 is 0 Å². The Morgan fingerprint density at radius 3 is 0.788 bits per heavy atom. The first-order chi connectivity index (χ1) is 47.9. The van der Waals surface area contributed by atoms with Crippen molar-refractivity contribution in [2.24, 2.45) is 0 Å². The molecule has 0 atom stereocenters. The molecule has 3 aliphatic carbocycles. The van der Waals surface area contributed by atoms with Crippen LogP contribution in [0.5, 0.6) is 0 Å². The standard InChI is InChI=1S/C97H80N2/c1-61-47-62(2)50-81(49-61)98(77-35-31-71(32-36-77)75-29-27-69-15-11-13-17-73(69)57-75)79-39-45-87-85-43-25-67(55-91(85)96(7,8)93(87)59-79)21-19-65-23-41-83-84-42-24-66(54-90(84)95(5,6)89(83)53-65)20-22-68-26-44-86-88-46-40-80(60-94(88)97(9,10)92(86)56-68)99(82-51-63(3)48-64(4)52-82)78-37-33-72(34-38-78)76-30-28-70-16-12-14-18-74(70)58-76/h11-60H,1-10H3/b21-19+,22-20+. The van der Waals surface area contributed by atoms with E-state index in [1.807, 2.05) is 0 Å². The average molecular weight is 1270 g/mol. The second-order valence-electron chi connectivity index (χ2n) is 29.8. The molecule has 0 aliphatic heterocycles. The van der Waals surface area contributed by atoms with Gasteiger partial charge < -0.3 is 9.80 Å².